The number of rotatable bonds is 7. The Morgan fingerprint density at radius 2 is 2.14 bits per heavy atom. The summed E-state index contributed by atoms with van der Waals surface area (Å²) in [6.45, 7) is 1.81. The first-order chi connectivity index (χ1) is 10.1. The highest BCUT2D eigenvalue weighted by atomic mass is 35.5. The smallest absolute Gasteiger partial charge is 0.123 e. The van der Waals surface area contributed by atoms with Crippen molar-refractivity contribution in [3.05, 3.63) is 57.0 Å². The lowest BCUT2D eigenvalue weighted by atomic mass is 10.0. The molecule has 0 aliphatic heterocycles. The summed E-state index contributed by atoms with van der Waals surface area (Å²) in [4.78, 5) is 3.51. The Bertz CT molecular complexity index is 573. The summed E-state index contributed by atoms with van der Waals surface area (Å²) in [6.07, 6.45) is 0.926. The van der Waals surface area contributed by atoms with Crippen molar-refractivity contribution in [2.75, 3.05) is 20.6 Å². The molecule has 2 nitrogen and oxygen atoms in total. The summed E-state index contributed by atoms with van der Waals surface area (Å²) in [5, 5.41) is 3.26. The molecule has 1 heterocycles. The molecule has 21 heavy (non-hydrogen) atoms. The Balaban J connectivity index is 1.87. The summed E-state index contributed by atoms with van der Waals surface area (Å²) in [6, 6.07) is 10.9. The number of nitrogens with zero attached hydrogens (tertiary/aromatic N) is 1. The molecule has 0 amide bonds. The van der Waals surface area contributed by atoms with Crippen molar-refractivity contribution in [3.63, 3.8) is 0 Å². The van der Waals surface area contributed by atoms with Crippen LogP contribution in [-0.4, -0.2) is 25.5 Å². The maximum absolute atomic E-state index is 13.3. The van der Waals surface area contributed by atoms with Gasteiger partial charge in [-0.25, -0.2) is 4.39 Å². The largest absolute Gasteiger partial charge is 0.313 e. The third kappa shape index (κ3) is 5.08. The topological polar surface area (TPSA) is 15.3 Å². The van der Waals surface area contributed by atoms with E-state index in [-0.39, 0.29) is 11.9 Å². The van der Waals surface area contributed by atoms with Crippen molar-refractivity contribution < 1.29 is 4.39 Å². The number of hydrogen-bond acceptors (Lipinski definition) is 3. The Morgan fingerprint density at radius 1 is 1.33 bits per heavy atom. The molecule has 0 bridgehead atoms. The van der Waals surface area contributed by atoms with E-state index in [2.05, 4.69) is 23.3 Å². The van der Waals surface area contributed by atoms with E-state index in [4.69, 9.17) is 11.6 Å². The summed E-state index contributed by atoms with van der Waals surface area (Å²) in [5.41, 5.74) is 0.991. The number of hydrogen-bond donors (Lipinski definition) is 1. The van der Waals surface area contributed by atoms with Crippen molar-refractivity contribution in [1.29, 1.82) is 0 Å². The Labute approximate surface area is 134 Å². The maximum Gasteiger partial charge on any atom is 0.123 e. The zero-order chi connectivity index (χ0) is 15.2. The second-order valence-electron chi connectivity index (χ2n) is 5.13. The molecular formula is C16H20ClFN2S. The minimum Gasteiger partial charge on any atom is -0.313 e. The van der Waals surface area contributed by atoms with Crippen LogP contribution in [0.5, 0.6) is 0 Å². The molecule has 0 fully saturated rings. The second kappa shape index (κ2) is 7.90. The minimum atomic E-state index is -0.186. The zero-order valence-corrected chi connectivity index (χ0v) is 13.8. The van der Waals surface area contributed by atoms with Crippen LogP contribution < -0.4 is 5.32 Å². The van der Waals surface area contributed by atoms with Crippen LogP contribution in [0.2, 0.25) is 4.34 Å². The fourth-order valence-electron chi connectivity index (χ4n) is 2.33. The predicted molar refractivity (Wildman–Crippen MR) is 88.5 cm³/mol. The van der Waals surface area contributed by atoms with Crippen LogP contribution in [0.25, 0.3) is 0 Å². The molecule has 0 spiro atoms. The number of benzene rings is 1. The van der Waals surface area contributed by atoms with Gasteiger partial charge in [0, 0.05) is 24.0 Å². The van der Waals surface area contributed by atoms with Crippen LogP contribution >= 0.6 is 22.9 Å². The molecule has 1 atom stereocenters. The summed E-state index contributed by atoms with van der Waals surface area (Å²) < 4.78 is 14.1. The van der Waals surface area contributed by atoms with Gasteiger partial charge in [0.1, 0.15) is 5.82 Å². The van der Waals surface area contributed by atoms with Gasteiger partial charge >= 0.3 is 0 Å². The van der Waals surface area contributed by atoms with Crippen LogP contribution in [0.15, 0.2) is 36.4 Å². The van der Waals surface area contributed by atoms with Gasteiger partial charge in [0.15, 0.2) is 0 Å². The summed E-state index contributed by atoms with van der Waals surface area (Å²) in [7, 11) is 4.00. The van der Waals surface area contributed by atoms with Crippen LogP contribution in [0.4, 0.5) is 4.39 Å². The van der Waals surface area contributed by atoms with Crippen LogP contribution in [-0.2, 0) is 6.54 Å². The lowest BCUT2D eigenvalue weighted by Crippen LogP contribution is -2.25. The molecule has 0 saturated heterocycles. The van der Waals surface area contributed by atoms with E-state index < -0.39 is 0 Å². The van der Waals surface area contributed by atoms with Gasteiger partial charge in [-0.1, -0.05) is 23.7 Å². The van der Waals surface area contributed by atoms with E-state index in [1.54, 1.807) is 23.5 Å². The van der Waals surface area contributed by atoms with Crippen LogP contribution in [0.3, 0.4) is 0 Å². The molecular weight excluding hydrogens is 307 g/mol. The van der Waals surface area contributed by atoms with Crippen LogP contribution in [0, 0.1) is 5.82 Å². The molecule has 5 heteroatoms. The third-order valence-electron chi connectivity index (χ3n) is 3.45. The molecule has 114 valence electrons. The maximum atomic E-state index is 13.3. The first-order valence-corrected chi connectivity index (χ1v) is 8.13. The van der Waals surface area contributed by atoms with E-state index in [0.717, 1.165) is 29.4 Å². The van der Waals surface area contributed by atoms with Gasteiger partial charge in [0.25, 0.3) is 0 Å². The monoisotopic (exact) mass is 326 g/mol. The first-order valence-electron chi connectivity index (χ1n) is 6.94. The molecule has 1 aromatic carbocycles. The molecule has 0 aliphatic carbocycles. The third-order valence-corrected chi connectivity index (χ3v) is 4.67. The van der Waals surface area contributed by atoms with Gasteiger partial charge < -0.3 is 10.2 Å². The SMILES string of the molecule is CNC(CCN(C)Cc1ccc(Cl)s1)c1cccc(F)c1. The predicted octanol–water partition coefficient (Wildman–Crippen LogP) is 4.32. The molecule has 0 saturated carbocycles. The Hall–Kier alpha value is -0.940. The highest BCUT2D eigenvalue weighted by Gasteiger charge is 2.11. The molecule has 2 aromatic rings. The first kappa shape index (κ1) is 16.4. The standard InChI is InChI=1S/C16H20ClFN2S/c1-19-15(12-4-3-5-13(18)10-12)8-9-20(2)11-14-6-7-16(17)21-14/h3-7,10,15,19H,8-9,11H2,1-2H3. The van der Waals surface area contributed by atoms with Crippen molar-refractivity contribution in [1.82, 2.24) is 10.2 Å². The molecule has 0 radical (unpaired) electrons. The molecule has 0 aliphatic rings. The number of halogens is 2. The van der Waals surface area contributed by atoms with Gasteiger partial charge in [0.05, 0.1) is 4.34 Å². The van der Waals surface area contributed by atoms with Gasteiger partial charge in [-0.05, 0) is 50.3 Å². The van der Waals surface area contributed by atoms with E-state index in [1.165, 1.54) is 10.9 Å². The average Bonchev–Trinajstić information content (AvgIpc) is 2.85. The fourth-order valence-corrected chi connectivity index (χ4v) is 3.50. The van der Waals surface area contributed by atoms with Crippen molar-refractivity contribution in [2.45, 2.75) is 19.0 Å². The zero-order valence-electron chi connectivity index (χ0n) is 12.3. The van der Waals surface area contributed by atoms with E-state index in [1.807, 2.05) is 19.2 Å². The average molecular weight is 327 g/mol. The summed E-state index contributed by atoms with van der Waals surface area (Å²) in [5.74, 6) is -0.186. The van der Waals surface area contributed by atoms with Gasteiger partial charge in [-0.15, -0.1) is 11.3 Å². The van der Waals surface area contributed by atoms with Gasteiger partial charge in [0.2, 0.25) is 0 Å². The van der Waals surface area contributed by atoms with Crippen molar-refractivity contribution in [3.8, 4) is 0 Å². The van der Waals surface area contributed by atoms with Gasteiger partial charge in [-0.2, -0.15) is 0 Å². The highest BCUT2D eigenvalue weighted by molar-refractivity contribution is 7.16. The molecule has 2 rings (SSSR count). The summed E-state index contributed by atoms with van der Waals surface area (Å²) >= 11 is 7.56. The second-order valence-corrected chi connectivity index (χ2v) is 6.93. The highest BCUT2D eigenvalue weighted by Crippen LogP contribution is 2.23. The fraction of sp³-hybridized carbons (Fsp3) is 0.375. The molecule has 1 unspecified atom stereocenters. The lowest BCUT2D eigenvalue weighted by molar-refractivity contribution is 0.306. The number of nitrogens with one attached hydrogen (secondary N) is 1. The molecule has 1 N–H and O–H groups in total. The lowest BCUT2D eigenvalue weighted by Gasteiger charge is -2.21. The van der Waals surface area contributed by atoms with Crippen molar-refractivity contribution in [2.24, 2.45) is 0 Å². The number of thiophene rings is 1. The van der Waals surface area contributed by atoms with E-state index in [9.17, 15) is 4.39 Å². The molecule has 1 aromatic heterocycles. The van der Waals surface area contributed by atoms with Crippen LogP contribution in [0.1, 0.15) is 22.9 Å². The quantitative estimate of drug-likeness (QED) is 0.815. The Kier molecular flexibility index (Phi) is 6.18. The minimum absolute atomic E-state index is 0.162. The van der Waals surface area contributed by atoms with E-state index in [0.29, 0.717) is 0 Å². The van der Waals surface area contributed by atoms with Gasteiger partial charge in [-0.3, -0.25) is 0 Å². The van der Waals surface area contributed by atoms with E-state index >= 15 is 0 Å². The van der Waals surface area contributed by atoms with Crippen molar-refractivity contribution >= 4 is 22.9 Å². The Morgan fingerprint density at radius 3 is 2.76 bits per heavy atom. The normalized spacial score (nSPS) is 12.8.